The van der Waals surface area contributed by atoms with Gasteiger partial charge in [0.25, 0.3) is 0 Å². The molecule has 1 aromatic rings. The van der Waals surface area contributed by atoms with Crippen LogP contribution in [-0.2, 0) is 11.2 Å². The third-order valence-electron chi connectivity index (χ3n) is 2.08. The Bertz CT molecular complexity index is 350. The van der Waals surface area contributed by atoms with E-state index in [0.717, 1.165) is 27.6 Å². The highest BCUT2D eigenvalue weighted by Crippen LogP contribution is 2.31. The lowest BCUT2D eigenvalue weighted by Crippen LogP contribution is -1.96. The SMILES string of the molecule is COc1cc(I)c(CCC=O)cc1OC. The first-order chi connectivity index (χ1) is 7.22. The van der Waals surface area contributed by atoms with Crippen molar-refractivity contribution in [2.24, 2.45) is 0 Å². The second kappa shape index (κ2) is 5.95. The molecule has 0 saturated heterocycles. The molecule has 0 amide bonds. The second-order valence-corrected chi connectivity index (χ2v) is 4.17. The minimum Gasteiger partial charge on any atom is -0.493 e. The van der Waals surface area contributed by atoms with Crippen molar-refractivity contribution in [1.82, 2.24) is 0 Å². The summed E-state index contributed by atoms with van der Waals surface area (Å²) in [6.07, 6.45) is 2.19. The number of hydrogen-bond donors (Lipinski definition) is 0. The summed E-state index contributed by atoms with van der Waals surface area (Å²) in [5.41, 5.74) is 1.11. The van der Waals surface area contributed by atoms with Gasteiger partial charge < -0.3 is 14.3 Å². The maximum atomic E-state index is 10.3. The number of aryl methyl sites for hydroxylation is 1. The molecule has 0 unspecified atom stereocenters. The molecule has 0 N–H and O–H groups in total. The Labute approximate surface area is 103 Å². The lowest BCUT2D eigenvalue weighted by Gasteiger charge is -2.11. The summed E-state index contributed by atoms with van der Waals surface area (Å²) in [6, 6.07) is 3.84. The Kier molecular flexibility index (Phi) is 4.87. The van der Waals surface area contributed by atoms with Crippen molar-refractivity contribution in [3.05, 3.63) is 21.3 Å². The highest BCUT2D eigenvalue weighted by atomic mass is 127. The van der Waals surface area contributed by atoms with Gasteiger partial charge in [-0.2, -0.15) is 0 Å². The lowest BCUT2D eigenvalue weighted by atomic mass is 10.1. The number of rotatable bonds is 5. The van der Waals surface area contributed by atoms with Crippen molar-refractivity contribution in [2.45, 2.75) is 12.8 Å². The van der Waals surface area contributed by atoms with Crippen molar-refractivity contribution in [1.29, 1.82) is 0 Å². The number of methoxy groups -OCH3 is 2. The molecular formula is C11H13IO3. The van der Waals surface area contributed by atoms with E-state index < -0.39 is 0 Å². The van der Waals surface area contributed by atoms with Crippen LogP contribution in [0.5, 0.6) is 11.5 Å². The van der Waals surface area contributed by atoms with Crippen molar-refractivity contribution in [3.8, 4) is 11.5 Å². The van der Waals surface area contributed by atoms with Crippen LogP contribution in [0.15, 0.2) is 12.1 Å². The van der Waals surface area contributed by atoms with E-state index in [9.17, 15) is 4.79 Å². The quantitative estimate of drug-likeness (QED) is 0.617. The molecule has 82 valence electrons. The molecule has 0 atom stereocenters. The van der Waals surface area contributed by atoms with E-state index in [1.54, 1.807) is 14.2 Å². The van der Waals surface area contributed by atoms with Gasteiger partial charge in [0, 0.05) is 9.99 Å². The number of carbonyl (C=O) groups is 1. The number of carbonyl (C=O) groups excluding carboxylic acids is 1. The van der Waals surface area contributed by atoms with E-state index >= 15 is 0 Å². The fraction of sp³-hybridized carbons (Fsp3) is 0.364. The monoisotopic (exact) mass is 320 g/mol. The summed E-state index contributed by atoms with van der Waals surface area (Å²) < 4.78 is 11.5. The van der Waals surface area contributed by atoms with E-state index in [1.165, 1.54) is 0 Å². The predicted molar refractivity (Wildman–Crippen MR) is 66.6 cm³/mol. The van der Waals surface area contributed by atoms with Crippen molar-refractivity contribution in [3.63, 3.8) is 0 Å². The molecular weight excluding hydrogens is 307 g/mol. The van der Waals surface area contributed by atoms with E-state index in [1.807, 2.05) is 12.1 Å². The summed E-state index contributed by atoms with van der Waals surface area (Å²) in [6.45, 7) is 0. The summed E-state index contributed by atoms with van der Waals surface area (Å²) in [5, 5.41) is 0. The molecule has 0 fully saturated rings. The van der Waals surface area contributed by atoms with E-state index in [4.69, 9.17) is 9.47 Å². The zero-order chi connectivity index (χ0) is 11.3. The maximum Gasteiger partial charge on any atom is 0.161 e. The predicted octanol–water partition coefficient (Wildman–Crippen LogP) is 2.44. The first kappa shape index (κ1) is 12.3. The van der Waals surface area contributed by atoms with Crippen LogP contribution in [0.4, 0.5) is 0 Å². The Hall–Kier alpha value is -0.780. The first-order valence-electron chi connectivity index (χ1n) is 4.57. The number of ether oxygens (including phenoxy) is 2. The van der Waals surface area contributed by atoms with E-state index in [-0.39, 0.29) is 0 Å². The summed E-state index contributed by atoms with van der Waals surface area (Å²) >= 11 is 2.23. The molecule has 1 aromatic carbocycles. The van der Waals surface area contributed by atoms with Gasteiger partial charge in [0.2, 0.25) is 0 Å². The third kappa shape index (κ3) is 3.09. The molecule has 0 aliphatic heterocycles. The molecule has 15 heavy (non-hydrogen) atoms. The normalized spacial score (nSPS) is 9.80. The van der Waals surface area contributed by atoms with Crippen molar-refractivity contribution < 1.29 is 14.3 Å². The van der Waals surface area contributed by atoms with Gasteiger partial charge in [-0.3, -0.25) is 0 Å². The lowest BCUT2D eigenvalue weighted by molar-refractivity contribution is -0.107. The fourth-order valence-corrected chi connectivity index (χ4v) is 2.01. The van der Waals surface area contributed by atoms with Crippen LogP contribution in [0.1, 0.15) is 12.0 Å². The van der Waals surface area contributed by atoms with Crippen LogP contribution in [-0.4, -0.2) is 20.5 Å². The van der Waals surface area contributed by atoms with Gasteiger partial charge in [-0.25, -0.2) is 0 Å². The summed E-state index contributed by atoms with van der Waals surface area (Å²) in [5.74, 6) is 1.43. The largest absolute Gasteiger partial charge is 0.493 e. The van der Waals surface area contributed by atoms with E-state index in [2.05, 4.69) is 22.6 Å². The van der Waals surface area contributed by atoms with Crippen molar-refractivity contribution >= 4 is 28.9 Å². The van der Waals surface area contributed by atoms with Gasteiger partial charge in [-0.05, 0) is 46.7 Å². The molecule has 0 aliphatic carbocycles. The molecule has 0 aromatic heterocycles. The van der Waals surface area contributed by atoms with Gasteiger partial charge >= 0.3 is 0 Å². The third-order valence-corrected chi connectivity index (χ3v) is 3.09. The average Bonchev–Trinajstić information content (AvgIpc) is 2.27. The average molecular weight is 320 g/mol. The molecule has 0 aliphatic rings. The van der Waals surface area contributed by atoms with Crippen LogP contribution in [0, 0.1) is 3.57 Å². The number of halogens is 1. The smallest absolute Gasteiger partial charge is 0.161 e. The zero-order valence-corrected chi connectivity index (χ0v) is 10.9. The van der Waals surface area contributed by atoms with Crippen molar-refractivity contribution in [2.75, 3.05) is 14.2 Å². The summed E-state index contributed by atoms with van der Waals surface area (Å²) in [4.78, 5) is 10.3. The number of benzene rings is 1. The maximum absolute atomic E-state index is 10.3. The fourth-order valence-electron chi connectivity index (χ4n) is 1.30. The van der Waals surface area contributed by atoms with Gasteiger partial charge in [0.05, 0.1) is 14.2 Å². The molecule has 0 spiro atoms. The van der Waals surface area contributed by atoms with Gasteiger partial charge in [0.1, 0.15) is 6.29 Å². The van der Waals surface area contributed by atoms with Crippen LogP contribution >= 0.6 is 22.6 Å². The summed E-state index contributed by atoms with van der Waals surface area (Å²) in [7, 11) is 3.22. The van der Waals surface area contributed by atoms with Gasteiger partial charge in [0.15, 0.2) is 11.5 Å². The molecule has 1 rings (SSSR count). The van der Waals surface area contributed by atoms with Crippen LogP contribution in [0.25, 0.3) is 0 Å². The Morgan fingerprint density at radius 1 is 1.27 bits per heavy atom. The topological polar surface area (TPSA) is 35.5 Å². The molecule has 0 saturated carbocycles. The van der Waals surface area contributed by atoms with Gasteiger partial charge in [-0.15, -0.1) is 0 Å². The Morgan fingerprint density at radius 3 is 2.40 bits per heavy atom. The standard InChI is InChI=1S/C11H13IO3/c1-14-10-6-8(4-3-5-13)9(12)7-11(10)15-2/h5-7H,3-4H2,1-2H3. The molecule has 0 bridgehead atoms. The zero-order valence-electron chi connectivity index (χ0n) is 8.75. The second-order valence-electron chi connectivity index (χ2n) is 3.00. The van der Waals surface area contributed by atoms with Gasteiger partial charge in [-0.1, -0.05) is 0 Å². The molecule has 4 heteroatoms. The first-order valence-corrected chi connectivity index (χ1v) is 5.64. The van der Waals surface area contributed by atoms with Crippen LogP contribution < -0.4 is 9.47 Å². The van der Waals surface area contributed by atoms with E-state index in [0.29, 0.717) is 12.2 Å². The molecule has 0 heterocycles. The number of hydrogen-bond acceptors (Lipinski definition) is 3. The highest BCUT2D eigenvalue weighted by Gasteiger charge is 2.08. The number of aldehydes is 1. The highest BCUT2D eigenvalue weighted by molar-refractivity contribution is 14.1. The minimum absolute atomic E-state index is 0.533. The Morgan fingerprint density at radius 2 is 1.87 bits per heavy atom. The molecule has 3 nitrogen and oxygen atoms in total. The minimum atomic E-state index is 0.533. The molecule has 0 radical (unpaired) electrons. The Balaban J connectivity index is 3.02. The van der Waals surface area contributed by atoms with Crippen LogP contribution in [0.2, 0.25) is 0 Å². The van der Waals surface area contributed by atoms with Crippen LogP contribution in [0.3, 0.4) is 0 Å².